The molecule has 0 unspecified atom stereocenters. The second-order valence-electron chi connectivity index (χ2n) is 4.08. The summed E-state index contributed by atoms with van der Waals surface area (Å²) in [6, 6.07) is 0. The van der Waals surface area contributed by atoms with Crippen LogP contribution >= 0.6 is 0 Å². The van der Waals surface area contributed by atoms with Gasteiger partial charge in [-0.05, 0) is 0 Å². The van der Waals surface area contributed by atoms with Gasteiger partial charge in [-0.25, -0.2) is 0 Å². The van der Waals surface area contributed by atoms with Gasteiger partial charge in [0.1, 0.15) is 0 Å². The average molecular weight is 314 g/mol. The minimum atomic E-state index is 0.470. The van der Waals surface area contributed by atoms with Gasteiger partial charge in [0.25, 0.3) is 0 Å². The summed E-state index contributed by atoms with van der Waals surface area (Å²) < 4.78 is 6.97. The Morgan fingerprint density at radius 1 is 1.29 bits per heavy atom. The molecule has 14 heavy (non-hydrogen) atoms. The van der Waals surface area contributed by atoms with Gasteiger partial charge in [0.05, 0.1) is 0 Å². The van der Waals surface area contributed by atoms with E-state index in [1.807, 2.05) is 0 Å². The van der Waals surface area contributed by atoms with E-state index >= 15 is 0 Å². The Bertz CT molecular complexity index is 120. The standard InChI is InChI=1S/C11H25INO/c1-11(2)10-13(4)7-9-14-8-5-6-12-3/h11H,5-10H2,1-4H3/q-1. The first kappa shape index (κ1) is 14.6. The van der Waals surface area contributed by atoms with Crippen LogP contribution in [0.4, 0.5) is 0 Å². The van der Waals surface area contributed by atoms with E-state index in [0.717, 1.165) is 25.7 Å². The molecular weight excluding hydrogens is 289 g/mol. The second kappa shape index (κ2) is 10.2. The van der Waals surface area contributed by atoms with Crippen LogP contribution < -0.4 is 21.2 Å². The van der Waals surface area contributed by atoms with Gasteiger partial charge in [0.2, 0.25) is 0 Å². The van der Waals surface area contributed by atoms with Crippen molar-refractivity contribution in [3.05, 3.63) is 0 Å². The molecule has 0 aromatic rings. The van der Waals surface area contributed by atoms with E-state index in [1.165, 1.54) is 17.4 Å². The van der Waals surface area contributed by atoms with Gasteiger partial charge in [0.15, 0.2) is 0 Å². The molecule has 0 saturated carbocycles. The molecule has 0 amide bonds. The third-order valence-corrected chi connectivity index (χ3v) is 3.75. The van der Waals surface area contributed by atoms with Crippen LogP contribution in [0.2, 0.25) is 0 Å². The number of alkyl halides is 2. The van der Waals surface area contributed by atoms with Crippen molar-refractivity contribution in [3.8, 4) is 0 Å². The summed E-state index contributed by atoms with van der Waals surface area (Å²) in [5, 5.41) is 0. The van der Waals surface area contributed by atoms with Crippen molar-refractivity contribution in [1.29, 1.82) is 0 Å². The maximum atomic E-state index is 5.56. The third-order valence-electron chi connectivity index (χ3n) is 1.91. The minimum absolute atomic E-state index is 0.470. The fourth-order valence-electron chi connectivity index (χ4n) is 1.33. The van der Waals surface area contributed by atoms with Gasteiger partial charge in [-0.1, -0.05) is 0 Å². The van der Waals surface area contributed by atoms with Gasteiger partial charge in [-0.3, -0.25) is 0 Å². The van der Waals surface area contributed by atoms with E-state index in [4.69, 9.17) is 4.74 Å². The van der Waals surface area contributed by atoms with E-state index in [1.54, 1.807) is 0 Å². The maximum absolute atomic E-state index is 5.56. The first-order valence-electron chi connectivity index (χ1n) is 5.37. The molecule has 0 saturated heterocycles. The van der Waals surface area contributed by atoms with Crippen molar-refractivity contribution < 1.29 is 25.9 Å². The van der Waals surface area contributed by atoms with Gasteiger partial charge < -0.3 is 0 Å². The summed E-state index contributed by atoms with van der Waals surface area (Å²) >= 11 is 0.470. The van der Waals surface area contributed by atoms with Crippen LogP contribution in [0.15, 0.2) is 0 Å². The van der Waals surface area contributed by atoms with Gasteiger partial charge >= 0.3 is 99.7 Å². The molecule has 0 aliphatic heterocycles. The van der Waals surface area contributed by atoms with E-state index < -0.39 is 0 Å². The van der Waals surface area contributed by atoms with Crippen LogP contribution in [-0.4, -0.2) is 47.6 Å². The molecule has 0 aromatic heterocycles. The second-order valence-corrected chi connectivity index (χ2v) is 6.68. The third kappa shape index (κ3) is 10.7. The number of hydrogen-bond acceptors (Lipinski definition) is 2. The molecule has 0 aliphatic carbocycles. The molecule has 0 aromatic carbocycles. The predicted molar refractivity (Wildman–Crippen MR) is 58.6 cm³/mol. The number of nitrogens with zero attached hydrogens (tertiary/aromatic N) is 1. The van der Waals surface area contributed by atoms with Crippen molar-refractivity contribution in [1.82, 2.24) is 4.90 Å². The number of ether oxygens (including phenoxy) is 1. The molecule has 0 bridgehead atoms. The molecule has 0 radical (unpaired) electrons. The summed E-state index contributed by atoms with van der Waals surface area (Å²) in [5.41, 5.74) is 0. The SMILES string of the molecule is C[I-]CCCOCCN(C)CC(C)C. The molecule has 0 aliphatic rings. The Hall–Kier alpha value is 0.650. The van der Waals surface area contributed by atoms with E-state index in [9.17, 15) is 0 Å². The fourth-order valence-corrected chi connectivity index (χ4v) is 2.40. The number of likely N-dealkylation sites (N-methyl/N-ethyl adjacent to an activating group) is 1. The van der Waals surface area contributed by atoms with Crippen LogP contribution in [0, 0.1) is 5.92 Å². The number of halogens is 1. The summed E-state index contributed by atoms with van der Waals surface area (Å²) in [7, 11) is 2.17. The quantitative estimate of drug-likeness (QED) is 0.298. The van der Waals surface area contributed by atoms with Crippen LogP contribution in [0.3, 0.4) is 0 Å². The Morgan fingerprint density at radius 3 is 2.57 bits per heavy atom. The Labute approximate surface area is 99.6 Å². The van der Waals surface area contributed by atoms with Crippen LogP contribution in [0.5, 0.6) is 0 Å². The summed E-state index contributed by atoms with van der Waals surface area (Å²) in [6.07, 6.45) is 1.26. The molecule has 0 atom stereocenters. The Morgan fingerprint density at radius 2 is 2.00 bits per heavy atom. The monoisotopic (exact) mass is 314 g/mol. The summed E-state index contributed by atoms with van der Waals surface area (Å²) in [5.74, 6) is 0.754. The molecule has 0 fully saturated rings. The zero-order chi connectivity index (χ0) is 10.8. The summed E-state index contributed by atoms with van der Waals surface area (Å²) in [4.78, 5) is 4.67. The molecule has 88 valence electrons. The first-order chi connectivity index (χ1) is 6.66. The predicted octanol–water partition coefficient (Wildman–Crippen LogP) is -1.30. The van der Waals surface area contributed by atoms with Crippen molar-refractivity contribution in [2.75, 3.05) is 42.7 Å². The van der Waals surface area contributed by atoms with E-state index in [2.05, 4.69) is 30.7 Å². The van der Waals surface area contributed by atoms with Crippen LogP contribution in [0.1, 0.15) is 20.3 Å². The van der Waals surface area contributed by atoms with E-state index in [0.29, 0.717) is 21.2 Å². The Kier molecular flexibility index (Phi) is 10.6. The number of hydrogen-bond donors (Lipinski definition) is 0. The zero-order valence-electron chi connectivity index (χ0n) is 10.1. The Balaban J connectivity index is 3.10. The van der Waals surface area contributed by atoms with Crippen LogP contribution in [-0.2, 0) is 4.74 Å². The molecule has 0 N–H and O–H groups in total. The molecule has 0 rings (SSSR count). The van der Waals surface area contributed by atoms with Crippen molar-refractivity contribution in [3.63, 3.8) is 0 Å². The molecule has 2 nitrogen and oxygen atoms in total. The van der Waals surface area contributed by atoms with Gasteiger partial charge in [0, 0.05) is 0 Å². The molecule has 0 heterocycles. The topological polar surface area (TPSA) is 12.5 Å². The van der Waals surface area contributed by atoms with Gasteiger partial charge in [-0.2, -0.15) is 0 Å². The summed E-state index contributed by atoms with van der Waals surface area (Å²) in [6.45, 7) is 8.60. The molecule has 0 spiro atoms. The zero-order valence-corrected chi connectivity index (χ0v) is 12.2. The van der Waals surface area contributed by atoms with Crippen molar-refractivity contribution in [2.45, 2.75) is 20.3 Å². The number of rotatable bonds is 9. The van der Waals surface area contributed by atoms with Crippen LogP contribution in [0.25, 0.3) is 0 Å². The average Bonchev–Trinajstić information content (AvgIpc) is 2.10. The fraction of sp³-hybridized carbons (Fsp3) is 1.00. The van der Waals surface area contributed by atoms with Gasteiger partial charge in [-0.15, -0.1) is 0 Å². The van der Waals surface area contributed by atoms with E-state index in [-0.39, 0.29) is 0 Å². The van der Waals surface area contributed by atoms with Crippen molar-refractivity contribution >= 4 is 0 Å². The molecule has 3 heteroatoms. The normalized spacial score (nSPS) is 11.9. The molecular formula is C11H25INO-. The first-order valence-corrected chi connectivity index (χ1v) is 9.05. The van der Waals surface area contributed by atoms with Crippen molar-refractivity contribution in [2.24, 2.45) is 5.92 Å².